The molecular weight excluding hydrogens is 326 g/mol. The zero-order valence-electron chi connectivity index (χ0n) is 15.1. The van der Waals surface area contributed by atoms with Crippen LogP contribution < -0.4 is 0 Å². The molecule has 1 aromatic carbocycles. The van der Waals surface area contributed by atoms with Crippen LogP contribution in [0.4, 0.5) is 0 Å². The van der Waals surface area contributed by atoms with Crippen molar-refractivity contribution in [3.63, 3.8) is 0 Å². The molecule has 3 heterocycles. The number of nitrogens with zero attached hydrogens (tertiary/aromatic N) is 3. The molecule has 0 saturated carbocycles. The summed E-state index contributed by atoms with van der Waals surface area (Å²) in [5.74, 6) is -0.228. The van der Waals surface area contributed by atoms with E-state index in [1.165, 1.54) is 25.1 Å². The van der Waals surface area contributed by atoms with Gasteiger partial charge in [-0.25, -0.2) is 9.48 Å². The summed E-state index contributed by atoms with van der Waals surface area (Å²) in [7, 11) is 0. The summed E-state index contributed by atoms with van der Waals surface area (Å²) in [5.41, 5.74) is 3.82. The molecule has 0 unspecified atom stereocenters. The molecule has 0 amide bonds. The third kappa shape index (κ3) is 2.75. The number of para-hydroxylation sites is 1. The van der Waals surface area contributed by atoms with Crippen molar-refractivity contribution < 1.29 is 9.53 Å². The molecule has 0 spiro atoms. The van der Waals surface area contributed by atoms with Crippen molar-refractivity contribution in [2.45, 2.75) is 57.1 Å². The van der Waals surface area contributed by atoms with Gasteiger partial charge in [0.15, 0.2) is 5.69 Å². The lowest BCUT2D eigenvalue weighted by Crippen LogP contribution is -2.41. The van der Waals surface area contributed by atoms with E-state index in [9.17, 15) is 4.79 Å². The largest absolute Gasteiger partial charge is 0.457 e. The Labute approximate surface area is 153 Å². The predicted molar refractivity (Wildman–Crippen MR) is 98.6 cm³/mol. The molecule has 1 aliphatic carbocycles. The highest BCUT2D eigenvalue weighted by molar-refractivity contribution is 5.89. The summed E-state index contributed by atoms with van der Waals surface area (Å²) in [4.78, 5) is 15.4. The van der Waals surface area contributed by atoms with Crippen molar-refractivity contribution in [1.29, 1.82) is 0 Å². The summed E-state index contributed by atoms with van der Waals surface area (Å²) < 4.78 is 7.86. The molecule has 26 heavy (non-hydrogen) atoms. The first-order chi connectivity index (χ1) is 12.8. The number of aromatic nitrogens is 2. The predicted octanol–water partition coefficient (Wildman–Crippen LogP) is 3.14. The van der Waals surface area contributed by atoms with Gasteiger partial charge in [-0.1, -0.05) is 18.2 Å². The number of esters is 1. The van der Waals surface area contributed by atoms with Crippen molar-refractivity contribution in [2.75, 3.05) is 13.1 Å². The summed E-state index contributed by atoms with van der Waals surface area (Å²) in [6.45, 7) is 2.26. The molecule has 5 nitrogen and oxygen atoms in total. The Morgan fingerprint density at radius 1 is 1.08 bits per heavy atom. The lowest BCUT2D eigenvalue weighted by Gasteiger charge is -2.34. The van der Waals surface area contributed by atoms with Crippen LogP contribution in [-0.4, -0.2) is 45.9 Å². The summed E-state index contributed by atoms with van der Waals surface area (Å²) >= 11 is 0. The lowest BCUT2D eigenvalue weighted by molar-refractivity contribution is 0.00351. The van der Waals surface area contributed by atoms with E-state index in [-0.39, 0.29) is 12.1 Å². The fraction of sp³-hybridized carbons (Fsp3) is 0.524. The van der Waals surface area contributed by atoms with Crippen molar-refractivity contribution in [3.8, 4) is 5.69 Å². The van der Waals surface area contributed by atoms with Crippen molar-refractivity contribution in [2.24, 2.45) is 0 Å². The maximum atomic E-state index is 12.9. The summed E-state index contributed by atoms with van der Waals surface area (Å²) in [5, 5.41) is 4.67. The summed E-state index contributed by atoms with van der Waals surface area (Å²) in [6, 6.07) is 10.7. The Morgan fingerprint density at radius 2 is 1.96 bits per heavy atom. The first kappa shape index (κ1) is 16.1. The average Bonchev–Trinajstić information content (AvgIpc) is 3.38. The van der Waals surface area contributed by atoms with E-state index in [2.05, 4.69) is 10.00 Å². The number of rotatable bonds is 3. The van der Waals surface area contributed by atoms with Gasteiger partial charge < -0.3 is 9.64 Å². The van der Waals surface area contributed by atoms with Crippen molar-refractivity contribution in [1.82, 2.24) is 14.7 Å². The standard InChI is InChI=1S/C21H25N3O2/c25-21(26-17-11-13-23-12-5-8-16(23)14-17)20-18-9-4-10-19(18)24(22-20)15-6-2-1-3-7-15/h1-3,6-7,16-17H,4-5,8-14H2/t16-,17-/m1/s1. The van der Waals surface area contributed by atoms with E-state index in [1.54, 1.807) is 0 Å². The highest BCUT2D eigenvalue weighted by Crippen LogP contribution is 2.31. The number of piperidine rings is 1. The fourth-order valence-corrected chi connectivity index (χ4v) is 4.89. The van der Waals surface area contributed by atoms with Crippen LogP contribution in [0.2, 0.25) is 0 Å². The number of fused-ring (bicyclic) bond motifs is 2. The zero-order chi connectivity index (χ0) is 17.5. The van der Waals surface area contributed by atoms with Crippen LogP contribution in [0.3, 0.4) is 0 Å². The molecule has 5 rings (SSSR count). The quantitative estimate of drug-likeness (QED) is 0.797. The molecule has 3 aliphatic rings. The van der Waals surface area contributed by atoms with Crippen LogP contribution in [0.1, 0.15) is 53.8 Å². The molecular formula is C21H25N3O2. The summed E-state index contributed by atoms with van der Waals surface area (Å²) in [6.07, 6.45) is 7.48. The zero-order valence-corrected chi connectivity index (χ0v) is 15.1. The van der Waals surface area contributed by atoms with Crippen LogP contribution in [0, 0.1) is 0 Å². The number of ether oxygens (including phenoxy) is 1. The highest BCUT2D eigenvalue weighted by atomic mass is 16.5. The highest BCUT2D eigenvalue weighted by Gasteiger charge is 2.35. The lowest BCUT2D eigenvalue weighted by atomic mass is 10.00. The minimum absolute atomic E-state index is 0.0424. The number of hydrogen-bond acceptors (Lipinski definition) is 4. The van der Waals surface area contributed by atoms with Crippen LogP contribution in [0.15, 0.2) is 30.3 Å². The van der Waals surface area contributed by atoms with Gasteiger partial charge in [0.25, 0.3) is 0 Å². The molecule has 136 valence electrons. The Kier molecular flexibility index (Phi) is 4.04. The smallest absolute Gasteiger partial charge is 0.359 e. The van der Waals surface area contributed by atoms with E-state index in [4.69, 9.17) is 4.74 Å². The van der Waals surface area contributed by atoms with Gasteiger partial charge in [-0.3, -0.25) is 0 Å². The molecule has 2 fully saturated rings. The van der Waals surface area contributed by atoms with Gasteiger partial charge in [0, 0.05) is 23.8 Å². The Hall–Kier alpha value is -2.14. The third-order valence-corrected chi connectivity index (χ3v) is 6.17. The van der Waals surface area contributed by atoms with Gasteiger partial charge in [-0.15, -0.1) is 0 Å². The SMILES string of the molecule is O=C(O[C@@H]1CCN2CCC[C@@H]2C1)c1nn(-c2ccccc2)c2c1CCC2. The van der Waals surface area contributed by atoms with Crippen LogP contribution in [0.5, 0.6) is 0 Å². The number of benzene rings is 1. The number of hydrogen-bond donors (Lipinski definition) is 0. The topological polar surface area (TPSA) is 47.4 Å². The van der Waals surface area contributed by atoms with E-state index in [0.717, 1.165) is 49.9 Å². The first-order valence-electron chi connectivity index (χ1n) is 9.91. The Balaban J connectivity index is 1.37. The fourth-order valence-electron chi connectivity index (χ4n) is 4.89. The molecule has 5 heteroatoms. The van der Waals surface area contributed by atoms with Gasteiger partial charge in [0.05, 0.1) is 5.69 Å². The Bertz CT molecular complexity index is 814. The number of carbonyl (C=O) groups excluding carboxylic acids is 1. The van der Waals surface area contributed by atoms with Crippen molar-refractivity contribution in [3.05, 3.63) is 47.3 Å². The molecule has 0 bridgehead atoms. The van der Waals surface area contributed by atoms with E-state index < -0.39 is 0 Å². The van der Waals surface area contributed by atoms with Crippen LogP contribution >= 0.6 is 0 Å². The molecule has 1 aromatic heterocycles. The minimum atomic E-state index is -0.228. The van der Waals surface area contributed by atoms with Gasteiger partial charge in [-0.05, 0) is 63.6 Å². The minimum Gasteiger partial charge on any atom is -0.457 e. The second-order valence-electron chi connectivity index (χ2n) is 7.76. The molecule has 2 atom stereocenters. The van der Waals surface area contributed by atoms with E-state index >= 15 is 0 Å². The Morgan fingerprint density at radius 3 is 2.85 bits per heavy atom. The molecule has 2 aliphatic heterocycles. The molecule has 0 N–H and O–H groups in total. The van der Waals surface area contributed by atoms with Gasteiger partial charge in [0.2, 0.25) is 0 Å². The second-order valence-corrected chi connectivity index (χ2v) is 7.76. The van der Waals surface area contributed by atoms with E-state index in [1.807, 2.05) is 35.0 Å². The van der Waals surface area contributed by atoms with Gasteiger partial charge in [-0.2, -0.15) is 5.10 Å². The normalized spacial score (nSPS) is 25.1. The first-order valence-corrected chi connectivity index (χ1v) is 9.91. The average molecular weight is 351 g/mol. The van der Waals surface area contributed by atoms with E-state index in [0.29, 0.717) is 11.7 Å². The maximum Gasteiger partial charge on any atom is 0.359 e. The number of carbonyl (C=O) groups is 1. The van der Waals surface area contributed by atoms with Crippen LogP contribution in [-0.2, 0) is 17.6 Å². The monoisotopic (exact) mass is 351 g/mol. The molecule has 2 aromatic rings. The van der Waals surface area contributed by atoms with Gasteiger partial charge >= 0.3 is 5.97 Å². The third-order valence-electron chi connectivity index (χ3n) is 6.17. The van der Waals surface area contributed by atoms with Crippen LogP contribution in [0.25, 0.3) is 5.69 Å². The molecule has 2 saturated heterocycles. The molecule has 0 radical (unpaired) electrons. The second kappa shape index (κ2) is 6.54. The maximum absolute atomic E-state index is 12.9. The van der Waals surface area contributed by atoms with Crippen molar-refractivity contribution >= 4 is 5.97 Å². The van der Waals surface area contributed by atoms with Gasteiger partial charge in [0.1, 0.15) is 6.10 Å².